The molecular formula is C92H128. The minimum atomic E-state index is 0.786. The first kappa shape index (κ1) is 72.4. The molecule has 0 bridgehead atoms. The fraction of sp³-hybridized carbons (Fsp3) is 0.543. The first-order valence-corrected chi connectivity index (χ1v) is 38.0. The molecule has 7 aliphatic carbocycles. The summed E-state index contributed by atoms with van der Waals surface area (Å²) in [5, 5.41) is 0. The lowest BCUT2D eigenvalue weighted by molar-refractivity contribution is 0.343. The maximum absolute atomic E-state index is 2.36. The van der Waals surface area contributed by atoms with Gasteiger partial charge in [0.2, 0.25) is 0 Å². The van der Waals surface area contributed by atoms with Gasteiger partial charge in [0.15, 0.2) is 0 Å². The van der Waals surface area contributed by atoms with Gasteiger partial charge < -0.3 is 0 Å². The third-order valence-electron chi connectivity index (χ3n) is 23.2. The molecule has 0 aliphatic heterocycles. The van der Waals surface area contributed by atoms with E-state index < -0.39 is 0 Å². The first-order chi connectivity index (χ1) is 44.4. The zero-order chi connectivity index (χ0) is 65.5. The van der Waals surface area contributed by atoms with Crippen molar-refractivity contribution in [3.63, 3.8) is 0 Å². The van der Waals surface area contributed by atoms with Crippen molar-refractivity contribution in [1.29, 1.82) is 0 Å². The predicted molar refractivity (Wildman–Crippen MR) is 403 cm³/mol. The molecule has 7 aromatic rings. The van der Waals surface area contributed by atoms with Gasteiger partial charge in [-0.2, -0.15) is 0 Å². The Labute approximate surface area is 565 Å². The minimum Gasteiger partial charge on any atom is -0.0625 e. The predicted octanol–water partition coefficient (Wildman–Crippen LogP) is 25.5. The molecule has 5 unspecified atom stereocenters. The molecule has 0 heteroatoms. The zero-order valence-corrected chi connectivity index (χ0v) is 60.8. The van der Waals surface area contributed by atoms with E-state index >= 15 is 0 Å². The Bertz CT molecular complexity index is 3180. The number of hydrogen-bond acceptors (Lipinski definition) is 0. The van der Waals surface area contributed by atoms with E-state index in [4.69, 9.17) is 0 Å². The molecule has 0 aromatic heterocycles. The van der Waals surface area contributed by atoms with Gasteiger partial charge in [0.1, 0.15) is 0 Å². The molecule has 7 aliphatic rings. The number of fused-ring (bicyclic) bond motifs is 7. The van der Waals surface area contributed by atoms with Gasteiger partial charge in [-0.05, 0) is 296 Å². The van der Waals surface area contributed by atoms with E-state index in [1.807, 2.05) is 0 Å². The van der Waals surface area contributed by atoms with Gasteiger partial charge in [-0.15, -0.1) is 0 Å². The maximum Gasteiger partial charge on any atom is -0.0133 e. The van der Waals surface area contributed by atoms with Gasteiger partial charge in [0, 0.05) is 0 Å². The molecule has 0 radical (unpaired) electrons. The molecule has 92 heavy (non-hydrogen) atoms. The SMILES string of the molecule is CC(C)C1CCCCc2ccccc21.CC(C)C1CCCc2ccccc21.CC(C)C1CCCc2ccccc2C1.CC(C)C1CCc2ccccc21.CC(C)C1CCc2ccccc2C1.CC(C)C1CCc2ccccc2CC1.CC(C)C1Cc2ccccc2C1. The molecule has 0 N–H and O–H groups in total. The second-order valence-electron chi connectivity index (χ2n) is 31.7. The van der Waals surface area contributed by atoms with Crippen molar-refractivity contribution in [3.8, 4) is 0 Å². The number of rotatable bonds is 7. The van der Waals surface area contributed by atoms with Gasteiger partial charge in [-0.3, -0.25) is 0 Å². The van der Waals surface area contributed by atoms with Crippen molar-refractivity contribution >= 4 is 0 Å². The topological polar surface area (TPSA) is 0 Å². The van der Waals surface area contributed by atoms with Gasteiger partial charge in [-0.1, -0.05) is 273 Å². The van der Waals surface area contributed by atoms with Crippen LogP contribution in [0.4, 0.5) is 0 Å². The van der Waals surface area contributed by atoms with Crippen molar-refractivity contribution in [2.45, 2.75) is 256 Å². The maximum atomic E-state index is 2.36. The summed E-state index contributed by atoms with van der Waals surface area (Å²) in [7, 11) is 0. The second kappa shape index (κ2) is 37.0. The van der Waals surface area contributed by atoms with Crippen LogP contribution in [0.25, 0.3) is 0 Å². The van der Waals surface area contributed by atoms with Gasteiger partial charge in [-0.25, -0.2) is 0 Å². The summed E-state index contributed by atoms with van der Waals surface area (Å²) in [6, 6.07) is 62.6. The monoisotopic (exact) mass is 1230 g/mol. The summed E-state index contributed by atoms with van der Waals surface area (Å²) >= 11 is 0. The lowest BCUT2D eigenvalue weighted by Gasteiger charge is -2.28. The Hall–Kier alpha value is -5.46. The Morgan fingerprint density at radius 1 is 0.196 bits per heavy atom. The molecule has 0 spiro atoms. The van der Waals surface area contributed by atoms with E-state index in [2.05, 4.69) is 267 Å². The summed E-state index contributed by atoms with van der Waals surface area (Å²) in [6.45, 7) is 32.8. The largest absolute Gasteiger partial charge is 0.0625 e. The summed E-state index contributed by atoms with van der Waals surface area (Å²) in [4.78, 5) is 0. The lowest BCUT2D eigenvalue weighted by atomic mass is 9.77. The van der Waals surface area contributed by atoms with E-state index in [-0.39, 0.29) is 0 Å². The molecular weight excluding hydrogens is 1110 g/mol. The van der Waals surface area contributed by atoms with Crippen LogP contribution in [-0.2, 0) is 70.6 Å². The van der Waals surface area contributed by atoms with Crippen LogP contribution in [0.3, 0.4) is 0 Å². The van der Waals surface area contributed by atoms with Crippen LogP contribution in [0.15, 0.2) is 170 Å². The third kappa shape index (κ3) is 21.3. The molecule has 0 saturated carbocycles. The Kier molecular flexibility index (Phi) is 29.1. The highest BCUT2D eigenvalue weighted by Gasteiger charge is 2.27. The Balaban J connectivity index is 0.000000138. The quantitative estimate of drug-likeness (QED) is 0.140. The smallest absolute Gasteiger partial charge is 0.0133 e. The van der Waals surface area contributed by atoms with Crippen LogP contribution in [-0.4, -0.2) is 0 Å². The van der Waals surface area contributed by atoms with Gasteiger partial charge in [0.05, 0.1) is 0 Å². The molecule has 0 saturated heterocycles. The van der Waals surface area contributed by atoms with Crippen LogP contribution >= 0.6 is 0 Å². The molecule has 5 atom stereocenters. The summed E-state index contributed by atoms with van der Waals surface area (Å²) < 4.78 is 0. The second-order valence-corrected chi connectivity index (χ2v) is 31.7. The highest BCUT2D eigenvalue weighted by molar-refractivity contribution is 5.37. The van der Waals surface area contributed by atoms with E-state index in [9.17, 15) is 0 Å². The van der Waals surface area contributed by atoms with Crippen LogP contribution in [0.1, 0.15) is 263 Å². The van der Waals surface area contributed by atoms with E-state index in [0.29, 0.717) is 0 Å². The fourth-order valence-electron chi connectivity index (χ4n) is 16.8. The van der Waals surface area contributed by atoms with Crippen LogP contribution in [0.2, 0.25) is 0 Å². The zero-order valence-electron chi connectivity index (χ0n) is 60.8. The first-order valence-electron chi connectivity index (χ1n) is 38.0. The summed E-state index contributed by atoms with van der Waals surface area (Å²) in [6.07, 6.45) is 29.4. The average molecular weight is 1230 g/mol. The molecule has 0 nitrogen and oxygen atoms in total. The highest BCUT2D eigenvalue weighted by Crippen LogP contribution is 2.40. The van der Waals surface area contributed by atoms with E-state index in [0.717, 1.165) is 82.9 Å². The molecule has 0 heterocycles. The molecule has 7 aromatic carbocycles. The Morgan fingerprint density at radius 2 is 0.446 bits per heavy atom. The molecule has 14 rings (SSSR count). The molecule has 496 valence electrons. The number of hydrogen-bond donors (Lipinski definition) is 0. The number of benzene rings is 7. The van der Waals surface area contributed by atoms with E-state index in [1.165, 1.54) is 141 Å². The minimum absolute atomic E-state index is 0.786. The highest BCUT2D eigenvalue weighted by atomic mass is 14.3. The normalized spacial score (nSPS) is 20.5. The van der Waals surface area contributed by atoms with E-state index in [1.54, 1.807) is 77.9 Å². The fourth-order valence-corrected chi connectivity index (χ4v) is 16.8. The summed E-state index contributed by atoms with van der Waals surface area (Å²) in [5.74, 6) is 11.8. The van der Waals surface area contributed by atoms with Crippen LogP contribution in [0.5, 0.6) is 0 Å². The van der Waals surface area contributed by atoms with Gasteiger partial charge >= 0.3 is 0 Å². The van der Waals surface area contributed by atoms with Crippen LogP contribution in [0, 0.1) is 65.1 Å². The van der Waals surface area contributed by atoms with Crippen molar-refractivity contribution in [2.24, 2.45) is 65.1 Å². The average Bonchev–Trinajstić information content (AvgIpc) is 1.88. The van der Waals surface area contributed by atoms with Gasteiger partial charge in [0.25, 0.3) is 0 Å². The van der Waals surface area contributed by atoms with Crippen molar-refractivity contribution in [2.75, 3.05) is 0 Å². The number of aryl methyl sites for hydroxylation is 7. The summed E-state index contributed by atoms with van der Waals surface area (Å²) in [5.41, 5.74) is 22.3. The Morgan fingerprint density at radius 3 is 0.848 bits per heavy atom. The molecule has 0 amide bonds. The molecule has 0 fully saturated rings. The third-order valence-corrected chi connectivity index (χ3v) is 23.2. The van der Waals surface area contributed by atoms with Crippen molar-refractivity contribution in [3.05, 3.63) is 248 Å². The van der Waals surface area contributed by atoms with Crippen LogP contribution < -0.4 is 0 Å². The lowest BCUT2D eigenvalue weighted by Crippen LogP contribution is -2.18. The standard InChI is InChI=1S/3C14H20.2C13H18.2C12H16/c1-11(2)13-9-5-3-7-12-8-4-6-10-14(12)13;1-11(2)13-9-5-8-12-6-3-4-7-14(12)10-13;1-11(2)12-7-9-13-5-3-4-6-14(13)10-8-12;1-10(2)12-9-5-7-11-6-3-4-8-13(11)12;1-10(2)12-8-7-11-5-3-4-6-13(11)9-12;1-9(2)12-7-10-5-3-4-6-11(10)8-12;1-9(2)11-8-7-10-5-3-4-6-12(10)11/h4,6,8,10-11,13H,3,5,7,9H2,1-2H3;3-4,6-7,11,13H,5,8-10H2,1-2H3;3-6,11-12H,7-10H2,1-2H3;3-4,6,8,10,12H,5,7,9H2,1-2H3;3-6,10,12H,7-9H2,1-2H3;3-6,9,12H,7-8H2,1-2H3;3-6,9,11H,7-8H2,1-2H3. The van der Waals surface area contributed by atoms with Crippen molar-refractivity contribution < 1.29 is 0 Å². The van der Waals surface area contributed by atoms with Crippen molar-refractivity contribution in [1.82, 2.24) is 0 Å².